The highest BCUT2D eigenvalue weighted by Gasteiger charge is 2.45. The molecule has 0 aliphatic carbocycles. The lowest BCUT2D eigenvalue weighted by molar-refractivity contribution is -0.136. The second-order valence-corrected chi connectivity index (χ2v) is 9.75. The van der Waals surface area contributed by atoms with Crippen LogP contribution in [0.15, 0.2) is 18.2 Å². The van der Waals surface area contributed by atoms with Gasteiger partial charge in [-0.1, -0.05) is 6.07 Å². The van der Waals surface area contributed by atoms with E-state index in [0.29, 0.717) is 43.9 Å². The summed E-state index contributed by atoms with van der Waals surface area (Å²) in [5.74, 6) is -2.14. The highest BCUT2D eigenvalue weighted by molar-refractivity contribution is 6.25. The molecule has 5 rings (SSSR count). The number of carbonyl (C=O) groups excluding carboxylic acids is 5. The van der Waals surface area contributed by atoms with E-state index in [1.165, 1.54) is 19.3 Å². The summed E-state index contributed by atoms with van der Waals surface area (Å²) in [7, 11) is 0. The number of ether oxygens (including phenoxy) is 1. The molecule has 11 heteroatoms. The summed E-state index contributed by atoms with van der Waals surface area (Å²) < 4.78 is 5.42. The molecule has 0 saturated carbocycles. The highest BCUT2D eigenvalue weighted by atomic mass is 16.5. The molecule has 5 amide bonds. The average Bonchev–Trinajstić information content (AvgIpc) is 3.54. The molecule has 3 saturated heterocycles. The average molecular weight is 498 g/mol. The van der Waals surface area contributed by atoms with Gasteiger partial charge in [-0.25, -0.2) is 4.79 Å². The first kappa shape index (κ1) is 24.2. The fraction of sp³-hybridized carbons (Fsp3) is 0.560. The molecule has 3 N–H and O–H groups in total. The van der Waals surface area contributed by atoms with Gasteiger partial charge in [0.05, 0.1) is 11.1 Å². The van der Waals surface area contributed by atoms with E-state index in [2.05, 4.69) is 20.9 Å². The van der Waals surface area contributed by atoms with Crippen LogP contribution in [0.5, 0.6) is 0 Å². The molecule has 0 spiro atoms. The third-order valence-electron chi connectivity index (χ3n) is 7.54. The van der Waals surface area contributed by atoms with Crippen molar-refractivity contribution in [2.75, 3.05) is 31.6 Å². The number of anilines is 1. The van der Waals surface area contributed by atoms with Gasteiger partial charge >= 0.3 is 6.09 Å². The predicted molar refractivity (Wildman–Crippen MR) is 128 cm³/mol. The summed E-state index contributed by atoms with van der Waals surface area (Å²) in [6.45, 7) is 2.35. The number of amides is 5. The van der Waals surface area contributed by atoms with Crippen molar-refractivity contribution in [2.45, 2.75) is 63.1 Å². The molecule has 1 aromatic rings. The molecule has 3 unspecified atom stereocenters. The Morgan fingerprint density at radius 2 is 1.92 bits per heavy atom. The SMILES string of the molecule is O=C1CCC(N2C(=O)c3cccc(NCCCNC(=O)OCC4CCC5CCCN54)c3C2=O)C(=O)N1. The summed E-state index contributed by atoms with van der Waals surface area (Å²) in [6, 6.07) is 4.91. The molecule has 36 heavy (non-hydrogen) atoms. The molecular formula is C25H31N5O6. The maximum Gasteiger partial charge on any atom is 0.407 e. The number of alkyl carbamates (subject to hydrolysis) is 1. The Labute approximate surface area is 208 Å². The number of rotatable bonds is 8. The van der Waals surface area contributed by atoms with Gasteiger partial charge in [-0.3, -0.25) is 34.3 Å². The van der Waals surface area contributed by atoms with Crippen LogP contribution >= 0.6 is 0 Å². The molecule has 4 aliphatic rings. The van der Waals surface area contributed by atoms with E-state index in [-0.39, 0.29) is 24.0 Å². The minimum absolute atomic E-state index is 0.0732. The molecule has 0 radical (unpaired) electrons. The zero-order valence-corrected chi connectivity index (χ0v) is 20.1. The van der Waals surface area contributed by atoms with E-state index in [9.17, 15) is 24.0 Å². The van der Waals surface area contributed by atoms with E-state index >= 15 is 0 Å². The van der Waals surface area contributed by atoms with Gasteiger partial charge in [-0.2, -0.15) is 0 Å². The Bertz CT molecular complexity index is 1090. The molecule has 4 aliphatic heterocycles. The third-order valence-corrected chi connectivity index (χ3v) is 7.54. The quantitative estimate of drug-likeness (QED) is 0.360. The van der Waals surface area contributed by atoms with Gasteiger partial charge in [0.25, 0.3) is 11.8 Å². The Balaban J connectivity index is 1.09. The number of hydrogen-bond donors (Lipinski definition) is 3. The highest BCUT2D eigenvalue weighted by Crippen LogP contribution is 2.33. The number of fused-ring (bicyclic) bond motifs is 2. The maximum atomic E-state index is 13.1. The van der Waals surface area contributed by atoms with Crippen LogP contribution in [-0.4, -0.2) is 83.9 Å². The Morgan fingerprint density at radius 3 is 2.75 bits per heavy atom. The maximum absolute atomic E-state index is 13.1. The predicted octanol–water partition coefficient (Wildman–Crippen LogP) is 1.24. The molecule has 11 nitrogen and oxygen atoms in total. The Morgan fingerprint density at radius 1 is 1.06 bits per heavy atom. The zero-order valence-electron chi connectivity index (χ0n) is 20.1. The fourth-order valence-corrected chi connectivity index (χ4v) is 5.77. The first-order chi connectivity index (χ1) is 17.4. The molecule has 192 valence electrons. The summed E-state index contributed by atoms with van der Waals surface area (Å²) in [5, 5.41) is 8.11. The van der Waals surface area contributed by atoms with Crippen LogP contribution < -0.4 is 16.0 Å². The van der Waals surface area contributed by atoms with Crippen LogP contribution in [0.3, 0.4) is 0 Å². The van der Waals surface area contributed by atoms with Crippen molar-refractivity contribution in [3.8, 4) is 0 Å². The molecule has 1 aromatic carbocycles. The lowest BCUT2D eigenvalue weighted by Crippen LogP contribution is -2.54. The lowest BCUT2D eigenvalue weighted by atomic mass is 10.0. The van der Waals surface area contributed by atoms with Crippen molar-refractivity contribution in [3.63, 3.8) is 0 Å². The van der Waals surface area contributed by atoms with Crippen molar-refractivity contribution in [2.24, 2.45) is 0 Å². The summed E-state index contributed by atoms with van der Waals surface area (Å²) in [6.07, 6.45) is 5.06. The number of hydrogen-bond acceptors (Lipinski definition) is 8. The molecular weight excluding hydrogens is 466 g/mol. The van der Waals surface area contributed by atoms with Crippen LogP contribution in [0.25, 0.3) is 0 Å². The first-order valence-corrected chi connectivity index (χ1v) is 12.7. The molecule has 0 aromatic heterocycles. The number of benzene rings is 1. The van der Waals surface area contributed by atoms with Crippen molar-refractivity contribution < 1.29 is 28.7 Å². The van der Waals surface area contributed by atoms with Gasteiger partial charge in [0.15, 0.2) is 0 Å². The number of carbonyl (C=O) groups is 5. The zero-order chi connectivity index (χ0) is 25.2. The molecule has 0 bridgehead atoms. The largest absolute Gasteiger partial charge is 0.448 e. The second kappa shape index (κ2) is 10.3. The number of nitrogens with one attached hydrogen (secondary N) is 3. The van der Waals surface area contributed by atoms with Crippen LogP contribution in [-0.2, 0) is 14.3 Å². The smallest absolute Gasteiger partial charge is 0.407 e. The minimum atomic E-state index is -1.00. The standard InChI is InChI=1S/C25H31N5O6/c31-20-10-9-19(22(32)28-20)30-23(33)17-5-1-6-18(21(17)24(30)34)26-11-3-12-27-25(35)36-14-16-8-7-15-4-2-13-29(15)16/h1,5-6,15-16,19,26H,2-4,7-14H2,(H,27,35)(H,28,31,32). The molecule has 4 heterocycles. The van der Waals surface area contributed by atoms with Crippen molar-refractivity contribution in [1.82, 2.24) is 20.4 Å². The minimum Gasteiger partial charge on any atom is -0.448 e. The summed E-state index contributed by atoms with van der Waals surface area (Å²) in [5.41, 5.74) is 0.935. The van der Waals surface area contributed by atoms with Gasteiger partial charge in [0, 0.05) is 37.3 Å². The summed E-state index contributed by atoms with van der Waals surface area (Å²) in [4.78, 5) is 65.2. The van der Waals surface area contributed by atoms with Crippen LogP contribution in [0, 0.1) is 0 Å². The number of nitrogens with zero attached hydrogens (tertiary/aromatic N) is 2. The van der Waals surface area contributed by atoms with Gasteiger partial charge in [0.2, 0.25) is 11.8 Å². The van der Waals surface area contributed by atoms with Gasteiger partial charge < -0.3 is 15.4 Å². The van der Waals surface area contributed by atoms with Crippen molar-refractivity contribution in [3.05, 3.63) is 29.3 Å². The van der Waals surface area contributed by atoms with Crippen molar-refractivity contribution in [1.29, 1.82) is 0 Å². The Hall–Kier alpha value is -3.47. The van der Waals surface area contributed by atoms with Crippen molar-refractivity contribution >= 4 is 35.4 Å². The van der Waals surface area contributed by atoms with E-state index in [1.54, 1.807) is 18.2 Å². The second-order valence-electron chi connectivity index (χ2n) is 9.75. The van der Waals surface area contributed by atoms with Crippen LogP contribution in [0.2, 0.25) is 0 Å². The summed E-state index contributed by atoms with van der Waals surface area (Å²) >= 11 is 0. The Kier molecular flexibility index (Phi) is 6.90. The normalized spacial score (nSPS) is 25.6. The lowest BCUT2D eigenvalue weighted by Gasteiger charge is -2.27. The number of piperidine rings is 1. The van der Waals surface area contributed by atoms with Gasteiger partial charge in [-0.15, -0.1) is 0 Å². The van der Waals surface area contributed by atoms with Crippen LogP contribution in [0.4, 0.5) is 10.5 Å². The van der Waals surface area contributed by atoms with E-state index in [4.69, 9.17) is 4.74 Å². The number of imide groups is 2. The first-order valence-electron chi connectivity index (χ1n) is 12.7. The molecule has 3 atom stereocenters. The topological polar surface area (TPSA) is 137 Å². The monoisotopic (exact) mass is 497 g/mol. The molecule has 3 fully saturated rings. The van der Waals surface area contributed by atoms with Gasteiger partial charge in [-0.05, 0) is 57.2 Å². The fourth-order valence-electron chi connectivity index (χ4n) is 5.77. The van der Waals surface area contributed by atoms with Crippen LogP contribution in [0.1, 0.15) is 65.7 Å². The van der Waals surface area contributed by atoms with E-state index in [0.717, 1.165) is 17.9 Å². The van der Waals surface area contributed by atoms with Gasteiger partial charge in [0.1, 0.15) is 12.6 Å². The van der Waals surface area contributed by atoms with E-state index in [1.807, 2.05) is 0 Å². The van der Waals surface area contributed by atoms with E-state index < -0.39 is 35.8 Å². The third kappa shape index (κ3) is 4.67.